The van der Waals surface area contributed by atoms with Gasteiger partial charge in [-0.25, -0.2) is 9.78 Å². The van der Waals surface area contributed by atoms with Crippen molar-refractivity contribution in [2.45, 2.75) is 13.5 Å². The number of aryl methyl sites for hydroxylation is 1. The summed E-state index contributed by atoms with van der Waals surface area (Å²) in [4.78, 5) is 20.4. The topological polar surface area (TPSA) is 89.3 Å². The van der Waals surface area contributed by atoms with E-state index in [9.17, 15) is 4.79 Å². The second kappa shape index (κ2) is 7.48. The molecule has 7 nitrogen and oxygen atoms in total. The van der Waals surface area contributed by atoms with Gasteiger partial charge >= 0.3 is 5.97 Å². The van der Waals surface area contributed by atoms with E-state index in [-0.39, 0.29) is 0 Å². The van der Waals surface area contributed by atoms with Crippen LogP contribution in [0.15, 0.2) is 53.1 Å². The number of ether oxygens (including phenoxy) is 1. The van der Waals surface area contributed by atoms with E-state index in [4.69, 9.17) is 9.15 Å². The van der Waals surface area contributed by atoms with Crippen molar-refractivity contribution in [3.8, 4) is 0 Å². The fraction of sp³-hybridized carbons (Fsp3) is 0.167. The van der Waals surface area contributed by atoms with Crippen LogP contribution in [0.1, 0.15) is 21.8 Å². The Balaban J connectivity index is 1.75. The summed E-state index contributed by atoms with van der Waals surface area (Å²) < 4.78 is 10.0. The van der Waals surface area contributed by atoms with E-state index in [2.05, 4.69) is 20.6 Å². The average molecular weight is 338 g/mol. The number of methoxy groups -OCH3 is 1. The van der Waals surface area contributed by atoms with Gasteiger partial charge < -0.3 is 19.8 Å². The minimum atomic E-state index is -0.394. The number of esters is 1. The van der Waals surface area contributed by atoms with Crippen molar-refractivity contribution < 1.29 is 13.9 Å². The fourth-order valence-corrected chi connectivity index (χ4v) is 2.28. The van der Waals surface area contributed by atoms with Gasteiger partial charge in [-0.15, -0.1) is 0 Å². The quantitative estimate of drug-likeness (QED) is 0.665. The lowest BCUT2D eigenvalue weighted by atomic mass is 10.2. The first-order chi connectivity index (χ1) is 12.1. The van der Waals surface area contributed by atoms with Crippen molar-refractivity contribution in [3.63, 3.8) is 0 Å². The van der Waals surface area contributed by atoms with Crippen LogP contribution in [0.25, 0.3) is 0 Å². The Bertz CT molecular complexity index is 863. The van der Waals surface area contributed by atoms with Crippen LogP contribution in [0.3, 0.4) is 0 Å². The largest absolute Gasteiger partial charge is 0.467 e. The van der Waals surface area contributed by atoms with Crippen LogP contribution in [0.5, 0.6) is 0 Å². The minimum absolute atomic E-state index is 0.394. The summed E-state index contributed by atoms with van der Waals surface area (Å²) in [6.07, 6.45) is 1.63. The van der Waals surface area contributed by atoms with Gasteiger partial charge in [-0.2, -0.15) is 4.98 Å². The smallest absolute Gasteiger partial charge is 0.337 e. The zero-order chi connectivity index (χ0) is 17.6. The SMILES string of the molecule is COC(=O)c1cccc(Nc2nc(C)cc(NCc3ccco3)n2)c1. The minimum Gasteiger partial charge on any atom is -0.467 e. The summed E-state index contributed by atoms with van der Waals surface area (Å²) in [5, 5.41) is 6.30. The molecule has 0 saturated heterocycles. The standard InChI is InChI=1S/C18H18N4O3/c1-12-9-16(19-11-15-7-4-8-25-15)22-18(20-12)21-14-6-3-5-13(10-14)17(23)24-2/h3-10H,11H2,1-2H3,(H2,19,20,21,22). The number of hydrogen-bond donors (Lipinski definition) is 2. The Kier molecular flexibility index (Phi) is 4.94. The van der Waals surface area contributed by atoms with Crippen LogP contribution in [0, 0.1) is 6.92 Å². The zero-order valence-electron chi connectivity index (χ0n) is 13.9. The lowest BCUT2D eigenvalue weighted by Gasteiger charge is -2.10. The molecular formula is C18H18N4O3. The molecule has 25 heavy (non-hydrogen) atoms. The van der Waals surface area contributed by atoms with Crippen LogP contribution < -0.4 is 10.6 Å². The molecule has 0 saturated carbocycles. The highest BCUT2D eigenvalue weighted by molar-refractivity contribution is 5.90. The van der Waals surface area contributed by atoms with E-state index >= 15 is 0 Å². The molecule has 0 aliphatic rings. The normalized spacial score (nSPS) is 10.3. The van der Waals surface area contributed by atoms with Crippen LogP contribution in [0.2, 0.25) is 0 Å². The maximum absolute atomic E-state index is 11.6. The Morgan fingerprint density at radius 2 is 2.08 bits per heavy atom. The van der Waals surface area contributed by atoms with E-state index in [1.807, 2.05) is 31.2 Å². The Hall–Kier alpha value is -3.35. The van der Waals surface area contributed by atoms with Gasteiger partial charge in [0.2, 0.25) is 5.95 Å². The summed E-state index contributed by atoms with van der Waals surface area (Å²) in [5.74, 6) is 1.53. The van der Waals surface area contributed by atoms with Gasteiger partial charge in [0.1, 0.15) is 11.6 Å². The zero-order valence-corrected chi connectivity index (χ0v) is 13.9. The molecule has 0 unspecified atom stereocenters. The number of nitrogens with one attached hydrogen (secondary N) is 2. The first-order valence-corrected chi connectivity index (χ1v) is 7.71. The molecular weight excluding hydrogens is 320 g/mol. The highest BCUT2D eigenvalue weighted by Crippen LogP contribution is 2.18. The first-order valence-electron chi connectivity index (χ1n) is 7.71. The third kappa shape index (κ3) is 4.35. The highest BCUT2D eigenvalue weighted by Gasteiger charge is 2.08. The number of rotatable bonds is 6. The van der Waals surface area contributed by atoms with Gasteiger partial charge in [-0.3, -0.25) is 0 Å². The van der Waals surface area contributed by atoms with Crippen LogP contribution in [-0.2, 0) is 11.3 Å². The van der Waals surface area contributed by atoms with Gasteiger partial charge in [0.25, 0.3) is 0 Å². The molecule has 3 rings (SSSR count). The van der Waals surface area contributed by atoms with Crippen molar-refractivity contribution >= 4 is 23.4 Å². The van der Waals surface area contributed by atoms with Crippen LogP contribution in [-0.4, -0.2) is 23.0 Å². The van der Waals surface area contributed by atoms with Gasteiger partial charge in [-0.05, 0) is 37.3 Å². The molecule has 0 spiro atoms. The number of carbonyl (C=O) groups is 1. The van der Waals surface area contributed by atoms with E-state index in [0.29, 0.717) is 29.6 Å². The molecule has 0 amide bonds. The van der Waals surface area contributed by atoms with Crippen molar-refractivity contribution in [1.82, 2.24) is 9.97 Å². The highest BCUT2D eigenvalue weighted by atomic mass is 16.5. The average Bonchev–Trinajstić information content (AvgIpc) is 3.12. The van der Waals surface area contributed by atoms with E-state index < -0.39 is 5.97 Å². The number of carbonyl (C=O) groups excluding carboxylic acids is 1. The molecule has 1 aromatic carbocycles. The van der Waals surface area contributed by atoms with Crippen molar-refractivity contribution in [2.24, 2.45) is 0 Å². The molecule has 7 heteroatoms. The molecule has 2 N–H and O–H groups in total. The summed E-state index contributed by atoms with van der Waals surface area (Å²) in [7, 11) is 1.35. The number of anilines is 3. The number of furan rings is 1. The molecule has 0 aliphatic carbocycles. The fourth-order valence-electron chi connectivity index (χ4n) is 2.28. The molecule has 2 heterocycles. The van der Waals surface area contributed by atoms with Crippen molar-refractivity contribution in [1.29, 1.82) is 0 Å². The number of hydrogen-bond acceptors (Lipinski definition) is 7. The first kappa shape index (κ1) is 16.5. The summed E-state index contributed by atoms with van der Waals surface area (Å²) in [6.45, 7) is 2.41. The second-order valence-electron chi connectivity index (χ2n) is 5.35. The molecule has 3 aromatic rings. The van der Waals surface area contributed by atoms with E-state index in [0.717, 1.165) is 11.5 Å². The molecule has 2 aromatic heterocycles. The molecule has 0 aliphatic heterocycles. The lowest BCUT2D eigenvalue weighted by molar-refractivity contribution is 0.0601. The molecule has 0 radical (unpaired) electrons. The van der Waals surface area contributed by atoms with Crippen molar-refractivity contribution in [2.75, 3.05) is 17.7 Å². The van der Waals surface area contributed by atoms with E-state index in [1.165, 1.54) is 7.11 Å². The maximum atomic E-state index is 11.6. The van der Waals surface area contributed by atoms with Gasteiger partial charge in [-0.1, -0.05) is 6.07 Å². The Morgan fingerprint density at radius 3 is 2.84 bits per heavy atom. The Labute approximate surface area is 145 Å². The van der Waals surface area contributed by atoms with Gasteiger partial charge in [0.15, 0.2) is 0 Å². The molecule has 0 atom stereocenters. The predicted octanol–water partition coefficient (Wildman–Crippen LogP) is 3.52. The third-order valence-corrected chi connectivity index (χ3v) is 3.42. The number of aromatic nitrogens is 2. The van der Waals surface area contributed by atoms with E-state index in [1.54, 1.807) is 24.5 Å². The second-order valence-corrected chi connectivity index (χ2v) is 5.35. The number of nitrogens with zero attached hydrogens (tertiary/aromatic N) is 2. The summed E-state index contributed by atoms with van der Waals surface area (Å²) in [6, 6.07) is 12.5. The van der Waals surface area contributed by atoms with Crippen LogP contribution >= 0.6 is 0 Å². The summed E-state index contributed by atoms with van der Waals surface area (Å²) in [5.41, 5.74) is 1.96. The number of benzene rings is 1. The predicted molar refractivity (Wildman–Crippen MR) is 93.9 cm³/mol. The van der Waals surface area contributed by atoms with Gasteiger partial charge in [0, 0.05) is 17.4 Å². The molecule has 0 bridgehead atoms. The third-order valence-electron chi connectivity index (χ3n) is 3.42. The van der Waals surface area contributed by atoms with Crippen molar-refractivity contribution in [3.05, 3.63) is 65.7 Å². The summed E-state index contributed by atoms with van der Waals surface area (Å²) >= 11 is 0. The lowest BCUT2D eigenvalue weighted by Crippen LogP contribution is -2.06. The molecule has 0 fully saturated rings. The maximum Gasteiger partial charge on any atom is 0.337 e. The Morgan fingerprint density at radius 1 is 1.20 bits per heavy atom. The van der Waals surface area contributed by atoms with Crippen LogP contribution in [0.4, 0.5) is 17.5 Å². The van der Waals surface area contributed by atoms with Gasteiger partial charge in [0.05, 0.1) is 25.5 Å². The molecule has 128 valence electrons. The monoisotopic (exact) mass is 338 g/mol.